The third-order valence-corrected chi connectivity index (χ3v) is 5.96. The molecule has 0 aliphatic carbocycles. The van der Waals surface area contributed by atoms with Gasteiger partial charge < -0.3 is 9.80 Å². The lowest BCUT2D eigenvalue weighted by Crippen LogP contribution is -2.44. The summed E-state index contributed by atoms with van der Waals surface area (Å²) in [6.07, 6.45) is 0.100. The topological polar surface area (TPSA) is 40.6 Å². The van der Waals surface area contributed by atoms with Crippen molar-refractivity contribution >= 4 is 23.2 Å². The van der Waals surface area contributed by atoms with Gasteiger partial charge in [-0.15, -0.1) is 11.3 Å². The molecule has 0 bridgehead atoms. The van der Waals surface area contributed by atoms with Crippen molar-refractivity contribution in [2.45, 2.75) is 33.4 Å². The maximum Gasteiger partial charge on any atom is 0.242 e. The average Bonchev–Trinajstić information content (AvgIpc) is 3.28. The number of halogens is 2. The highest BCUT2D eigenvalue weighted by atomic mass is 32.1. The third-order valence-electron chi connectivity index (χ3n) is 5.10. The van der Waals surface area contributed by atoms with E-state index in [2.05, 4.69) is 0 Å². The molecule has 0 saturated heterocycles. The van der Waals surface area contributed by atoms with Gasteiger partial charge in [-0.05, 0) is 52.8 Å². The number of carbonyl (C=O) groups is 2. The Morgan fingerprint density at radius 3 is 1.97 bits per heavy atom. The molecule has 0 atom stereocenters. The zero-order chi connectivity index (χ0) is 23.8. The molecule has 3 aromatic rings. The van der Waals surface area contributed by atoms with E-state index in [0.717, 1.165) is 10.4 Å². The number of hydrogen-bond donors (Lipinski definition) is 0. The molecule has 0 radical (unpaired) electrons. The van der Waals surface area contributed by atoms with Gasteiger partial charge in [0.25, 0.3) is 0 Å². The van der Waals surface area contributed by atoms with Crippen LogP contribution in [0.15, 0.2) is 66.0 Å². The number of amides is 2. The van der Waals surface area contributed by atoms with Gasteiger partial charge in [0, 0.05) is 18.0 Å². The van der Waals surface area contributed by atoms with Gasteiger partial charge in [-0.25, -0.2) is 8.78 Å². The average molecular weight is 471 g/mol. The molecular weight excluding hydrogens is 442 g/mol. The monoisotopic (exact) mass is 470 g/mol. The van der Waals surface area contributed by atoms with E-state index in [4.69, 9.17) is 0 Å². The summed E-state index contributed by atoms with van der Waals surface area (Å²) in [5.41, 5.74) is 1.51. The first kappa shape index (κ1) is 24.6. The number of rotatable bonds is 10. The van der Waals surface area contributed by atoms with Crippen LogP contribution in [0.3, 0.4) is 0 Å². The van der Waals surface area contributed by atoms with Crippen LogP contribution in [-0.4, -0.2) is 34.7 Å². The number of nitrogens with zero attached hydrogens (tertiary/aromatic N) is 2. The normalized spacial score (nSPS) is 10.9. The molecule has 7 heteroatoms. The highest BCUT2D eigenvalue weighted by Crippen LogP contribution is 2.16. The Balaban J connectivity index is 1.75. The molecule has 0 aliphatic rings. The first-order valence-electron chi connectivity index (χ1n) is 10.9. The van der Waals surface area contributed by atoms with Crippen molar-refractivity contribution in [3.05, 3.63) is 93.7 Å². The van der Waals surface area contributed by atoms with Crippen molar-refractivity contribution in [1.29, 1.82) is 0 Å². The molecule has 1 heterocycles. The van der Waals surface area contributed by atoms with Gasteiger partial charge in [0.05, 0.1) is 19.5 Å². The van der Waals surface area contributed by atoms with E-state index >= 15 is 0 Å². The van der Waals surface area contributed by atoms with Crippen molar-refractivity contribution in [3.63, 3.8) is 0 Å². The fraction of sp³-hybridized carbons (Fsp3) is 0.308. The van der Waals surface area contributed by atoms with Crippen molar-refractivity contribution in [2.75, 3.05) is 13.1 Å². The minimum atomic E-state index is -0.356. The lowest BCUT2D eigenvalue weighted by molar-refractivity contribution is -0.141. The molecule has 0 spiro atoms. The molecule has 2 amide bonds. The lowest BCUT2D eigenvalue weighted by Gasteiger charge is -2.29. The highest BCUT2D eigenvalue weighted by Gasteiger charge is 2.23. The molecule has 0 saturated carbocycles. The number of thiophene rings is 1. The molecule has 2 aromatic carbocycles. The summed E-state index contributed by atoms with van der Waals surface area (Å²) in [4.78, 5) is 30.7. The van der Waals surface area contributed by atoms with E-state index in [-0.39, 0.29) is 42.3 Å². The fourth-order valence-electron chi connectivity index (χ4n) is 3.48. The standard InChI is InChI=1S/C26H28F2N2O2S/c1-19(2)15-29(25(31)14-20-5-9-22(27)10-6-20)18-26(32)30(17-24-4-3-13-33-24)16-21-7-11-23(28)12-8-21/h3-13,19H,14-18H2,1-2H3. The van der Waals surface area contributed by atoms with E-state index in [1.54, 1.807) is 45.4 Å². The molecule has 3 rings (SSSR count). The zero-order valence-corrected chi connectivity index (χ0v) is 19.7. The van der Waals surface area contributed by atoms with Gasteiger partial charge in [-0.3, -0.25) is 9.59 Å². The van der Waals surface area contributed by atoms with Crippen molar-refractivity contribution in [3.8, 4) is 0 Å². The van der Waals surface area contributed by atoms with Gasteiger partial charge in [-0.1, -0.05) is 44.2 Å². The molecule has 1 aromatic heterocycles. The quantitative estimate of drug-likeness (QED) is 0.404. The van der Waals surface area contributed by atoms with Crippen LogP contribution in [0.2, 0.25) is 0 Å². The maximum absolute atomic E-state index is 13.3. The molecule has 0 aliphatic heterocycles. The lowest BCUT2D eigenvalue weighted by atomic mass is 10.1. The number of carbonyl (C=O) groups excluding carboxylic acids is 2. The summed E-state index contributed by atoms with van der Waals surface area (Å²) >= 11 is 1.56. The second-order valence-corrected chi connectivity index (χ2v) is 9.46. The Kier molecular flexibility index (Phi) is 8.72. The van der Waals surface area contributed by atoms with Crippen LogP contribution in [0.5, 0.6) is 0 Å². The Hall–Kier alpha value is -3.06. The van der Waals surface area contributed by atoms with E-state index in [1.807, 2.05) is 31.4 Å². The number of hydrogen-bond acceptors (Lipinski definition) is 3. The summed E-state index contributed by atoms with van der Waals surface area (Å²) in [7, 11) is 0. The Morgan fingerprint density at radius 2 is 1.42 bits per heavy atom. The molecule has 174 valence electrons. The van der Waals surface area contributed by atoms with Crippen LogP contribution in [0.25, 0.3) is 0 Å². The van der Waals surface area contributed by atoms with Gasteiger partial charge in [0.15, 0.2) is 0 Å². The predicted octanol–water partition coefficient (Wildman–Crippen LogP) is 5.28. The van der Waals surface area contributed by atoms with Crippen LogP contribution in [0.4, 0.5) is 8.78 Å². The zero-order valence-electron chi connectivity index (χ0n) is 18.8. The van der Waals surface area contributed by atoms with Gasteiger partial charge in [0.1, 0.15) is 11.6 Å². The van der Waals surface area contributed by atoms with Crippen LogP contribution >= 0.6 is 11.3 Å². The third kappa shape index (κ3) is 7.79. The predicted molar refractivity (Wildman–Crippen MR) is 126 cm³/mol. The second-order valence-electron chi connectivity index (χ2n) is 8.43. The van der Waals surface area contributed by atoms with Gasteiger partial charge >= 0.3 is 0 Å². The number of benzene rings is 2. The summed E-state index contributed by atoms with van der Waals surface area (Å²) in [6, 6.07) is 15.8. The molecule has 33 heavy (non-hydrogen) atoms. The minimum absolute atomic E-state index is 0.0508. The fourth-order valence-corrected chi connectivity index (χ4v) is 4.20. The molecule has 0 unspecified atom stereocenters. The first-order valence-corrected chi connectivity index (χ1v) is 11.7. The maximum atomic E-state index is 13.3. The largest absolute Gasteiger partial charge is 0.333 e. The highest BCUT2D eigenvalue weighted by molar-refractivity contribution is 7.09. The summed E-state index contributed by atoms with van der Waals surface area (Å²) < 4.78 is 26.5. The Labute approximate surface area is 197 Å². The van der Waals surface area contributed by atoms with E-state index in [0.29, 0.717) is 25.2 Å². The molecule has 0 fully saturated rings. The molecule has 0 N–H and O–H groups in total. The van der Waals surface area contributed by atoms with Crippen molar-refractivity contribution in [1.82, 2.24) is 9.80 Å². The van der Waals surface area contributed by atoms with E-state index in [1.165, 1.54) is 24.3 Å². The van der Waals surface area contributed by atoms with Gasteiger partial charge in [-0.2, -0.15) is 0 Å². The molecule has 4 nitrogen and oxygen atoms in total. The SMILES string of the molecule is CC(C)CN(CC(=O)N(Cc1ccc(F)cc1)Cc1cccs1)C(=O)Cc1ccc(F)cc1. The van der Waals surface area contributed by atoms with Crippen LogP contribution in [0, 0.1) is 17.6 Å². The van der Waals surface area contributed by atoms with Gasteiger partial charge in [0.2, 0.25) is 11.8 Å². The Bertz CT molecular complexity index is 1040. The summed E-state index contributed by atoms with van der Waals surface area (Å²) in [5.74, 6) is -0.866. The van der Waals surface area contributed by atoms with Crippen molar-refractivity contribution in [2.24, 2.45) is 5.92 Å². The van der Waals surface area contributed by atoms with Crippen LogP contribution in [0.1, 0.15) is 29.9 Å². The summed E-state index contributed by atoms with van der Waals surface area (Å²) in [5, 5.41) is 1.95. The molecular formula is C26H28F2N2O2S. The van der Waals surface area contributed by atoms with Crippen LogP contribution < -0.4 is 0 Å². The summed E-state index contributed by atoms with van der Waals surface area (Å²) in [6.45, 7) is 5.10. The van der Waals surface area contributed by atoms with E-state index in [9.17, 15) is 18.4 Å². The second kappa shape index (κ2) is 11.7. The van der Waals surface area contributed by atoms with Crippen LogP contribution in [-0.2, 0) is 29.1 Å². The Morgan fingerprint density at radius 1 is 0.818 bits per heavy atom. The first-order chi connectivity index (χ1) is 15.8. The minimum Gasteiger partial charge on any atom is -0.333 e. The smallest absolute Gasteiger partial charge is 0.242 e. The van der Waals surface area contributed by atoms with E-state index < -0.39 is 0 Å². The van der Waals surface area contributed by atoms with Crippen molar-refractivity contribution < 1.29 is 18.4 Å².